The van der Waals surface area contributed by atoms with Crippen LogP contribution in [0.1, 0.15) is 41.1 Å². The fraction of sp³-hybridized carbons (Fsp3) is 0.429. The van der Waals surface area contributed by atoms with Crippen molar-refractivity contribution in [1.29, 1.82) is 0 Å². The lowest BCUT2D eigenvalue weighted by Crippen LogP contribution is -2.42. The topological polar surface area (TPSA) is 66.4 Å². The summed E-state index contributed by atoms with van der Waals surface area (Å²) in [5.41, 5.74) is 1.64. The maximum atomic E-state index is 13.2. The predicted octanol–water partition coefficient (Wildman–Crippen LogP) is 2.34. The lowest BCUT2D eigenvalue weighted by Gasteiger charge is -2.30. The Bertz CT molecular complexity index is 790. The van der Waals surface area contributed by atoms with Gasteiger partial charge in [-0.3, -0.25) is 19.6 Å². The van der Waals surface area contributed by atoms with Crippen molar-refractivity contribution >= 4 is 11.8 Å². The Morgan fingerprint density at radius 3 is 2.37 bits per heavy atom. The SMILES string of the molecule is O=C(c1ccncc1)N1CC(C(=O)N2CCCCC2)C(c2cccnc2)C1. The molecular weight excluding hydrogens is 340 g/mol. The van der Waals surface area contributed by atoms with Crippen molar-refractivity contribution in [2.75, 3.05) is 26.2 Å². The second kappa shape index (κ2) is 7.86. The van der Waals surface area contributed by atoms with Gasteiger partial charge in [0.2, 0.25) is 5.91 Å². The van der Waals surface area contributed by atoms with E-state index < -0.39 is 0 Å². The Morgan fingerprint density at radius 2 is 1.67 bits per heavy atom. The standard InChI is InChI=1S/C21H24N4O2/c26-20(16-6-9-22-10-7-16)25-14-18(17-5-4-8-23-13-17)19(15-25)21(27)24-11-2-1-3-12-24/h4-10,13,18-19H,1-3,11-12,14-15H2. The van der Waals surface area contributed by atoms with Crippen molar-refractivity contribution in [2.45, 2.75) is 25.2 Å². The van der Waals surface area contributed by atoms with Gasteiger partial charge in [-0.15, -0.1) is 0 Å². The van der Waals surface area contributed by atoms with Gasteiger partial charge in [-0.2, -0.15) is 0 Å². The molecule has 2 aliphatic heterocycles. The zero-order valence-electron chi connectivity index (χ0n) is 15.3. The Morgan fingerprint density at radius 1 is 0.889 bits per heavy atom. The average molecular weight is 364 g/mol. The van der Waals surface area contributed by atoms with Crippen molar-refractivity contribution < 1.29 is 9.59 Å². The lowest BCUT2D eigenvalue weighted by molar-refractivity contribution is -0.136. The summed E-state index contributed by atoms with van der Waals surface area (Å²) in [7, 11) is 0. The molecule has 0 aliphatic carbocycles. The number of carbonyl (C=O) groups excluding carboxylic acids is 2. The van der Waals surface area contributed by atoms with Gasteiger partial charge in [-0.1, -0.05) is 6.07 Å². The number of amides is 2. The molecule has 2 aromatic rings. The van der Waals surface area contributed by atoms with Crippen molar-refractivity contribution in [1.82, 2.24) is 19.8 Å². The summed E-state index contributed by atoms with van der Waals surface area (Å²) in [4.78, 5) is 38.2. The number of piperidine rings is 1. The zero-order valence-corrected chi connectivity index (χ0v) is 15.3. The Hall–Kier alpha value is -2.76. The molecule has 0 bridgehead atoms. The van der Waals surface area contributed by atoms with Gasteiger partial charge in [0.05, 0.1) is 5.92 Å². The van der Waals surface area contributed by atoms with E-state index in [0.29, 0.717) is 18.7 Å². The highest BCUT2D eigenvalue weighted by atomic mass is 16.2. The molecule has 2 fully saturated rings. The van der Waals surface area contributed by atoms with Crippen LogP contribution >= 0.6 is 0 Å². The van der Waals surface area contributed by atoms with Crippen molar-refractivity contribution in [3.8, 4) is 0 Å². The second-order valence-corrected chi connectivity index (χ2v) is 7.33. The summed E-state index contributed by atoms with van der Waals surface area (Å²) in [6.07, 6.45) is 10.1. The third-order valence-electron chi connectivity index (χ3n) is 5.63. The fourth-order valence-electron chi connectivity index (χ4n) is 4.18. The van der Waals surface area contributed by atoms with E-state index in [9.17, 15) is 9.59 Å². The summed E-state index contributed by atoms with van der Waals surface area (Å²) in [5, 5.41) is 0. The van der Waals surface area contributed by atoms with Crippen LogP contribution in [0.4, 0.5) is 0 Å². The summed E-state index contributed by atoms with van der Waals surface area (Å²) in [6, 6.07) is 7.35. The minimum Gasteiger partial charge on any atom is -0.342 e. The first-order valence-electron chi connectivity index (χ1n) is 9.62. The van der Waals surface area contributed by atoms with Gasteiger partial charge in [-0.25, -0.2) is 0 Å². The molecule has 0 spiro atoms. The first-order valence-corrected chi connectivity index (χ1v) is 9.62. The van der Waals surface area contributed by atoms with E-state index in [1.165, 1.54) is 6.42 Å². The van der Waals surface area contributed by atoms with E-state index in [1.807, 2.05) is 23.2 Å². The molecule has 2 amide bonds. The number of nitrogens with zero attached hydrogens (tertiary/aromatic N) is 4. The normalized spacial score (nSPS) is 22.7. The van der Waals surface area contributed by atoms with E-state index in [1.54, 1.807) is 35.6 Å². The van der Waals surface area contributed by atoms with Crippen LogP contribution < -0.4 is 0 Å². The number of likely N-dealkylation sites (tertiary alicyclic amines) is 2. The number of carbonyl (C=O) groups is 2. The third kappa shape index (κ3) is 3.70. The fourth-order valence-corrected chi connectivity index (χ4v) is 4.18. The van der Waals surface area contributed by atoms with E-state index in [-0.39, 0.29) is 23.7 Å². The quantitative estimate of drug-likeness (QED) is 0.838. The molecular formula is C21H24N4O2. The van der Waals surface area contributed by atoms with Gasteiger partial charge >= 0.3 is 0 Å². The average Bonchev–Trinajstić information content (AvgIpc) is 3.20. The van der Waals surface area contributed by atoms with Crippen LogP contribution in [-0.2, 0) is 4.79 Å². The molecule has 0 saturated carbocycles. The number of hydrogen-bond acceptors (Lipinski definition) is 4. The van der Waals surface area contributed by atoms with E-state index in [0.717, 1.165) is 31.5 Å². The molecule has 2 saturated heterocycles. The first-order chi connectivity index (χ1) is 13.2. The van der Waals surface area contributed by atoms with Crippen LogP contribution in [0, 0.1) is 5.92 Å². The van der Waals surface area contributed by atoms with Crippen LogP contribution in [0.5, 0.6) is 0 Å². The monoisotopic (exact) mass is 364 g/mol. The van der Waals surface area contributed by atoms with Crippen LogP contribution in [0.15, 0.2) is 49.1 Å². The Balaban J connectivity index is 1.59. The maximum Gasteiger partial charge on any atom is 0.254 e. The largest absolute Gasteiger partial charge is 0.342 e. The van der Waals surface area contributed by atoms with E-state index in [4.69, 9.17) is 0 Å². The van der Waals surface area contributed by atoms with Gasteiger partial charge < -0.3 is 9.80 Å². The molecule has 6 nitrogen and oxygen atoms in total. The number of rotatable bonds is 3. The Kier molecular flexibility index (Phi) is 5.14. The molecule has 27 heavy (non-hydrogen) atoms. The lowest BCUT2D eigenvalue weighted by atomic mass is 9.88. The highest BCUT2D eigenvalue weighted by Gasteiger charge is 2.42. The second-order valence-electron chi connectivity index (χ2n) is 7.33. The molecule has 4 heterocycles. The molecule has 0 radical (unpaired) electrons. The molecule has 6 heteroatoms. The molecule has 2 unspecified atom stereocenters. The van der Waals surface area contributed by atoms with E-state index >= 15 is 0 Å². The van der Waals surface area contributed by atoms with Gasteiger partial charge in [0.1, 0.15) is 0 Å². The van der Waals surface area contributed by atoms with Crippen molar-refractivity contribution in [3.63, 3.8) is 0 Å². The van der Waals surface area contributed by atoms with Crippen LogP contribution in [-0.4, -0.2) is 57.8 Å². The molecule has 2 aromatic heterocycles. The minimum absolute atomic E-state index is 0.0149. The minimum atomic E-state index is -0.210. The molecule has 0 N–H and O–H groups in total. The van der Waals surface area contributed by atoms with Gasteiger partial charge in [0.15, 0.2) is 0 Å². The molecule has 2 aliphatic rings. The summed E-state index contributed by atoms with van der Waals surface area (Å²) < 4.78 is 0. The number of aromatic nitrogens is 2. The summed E-state index contributed by atoms with van der Waals surface area (Å²) in [5.74, 6) is -0.0918. The van der Waals surface area contributed by atoms with Crippen LogP contribution in [0.3, 0.4) is 0 Å². The highest BCUT2D eigenvalue weighted by molar-refractivity contribution is 5.95. The van der Waals surface area contributed by atoms with Gasteiger partial charge in [-0.05, 0) is 43.0 Å². The molecule has 0 aromatic carbocycles. The maximum absolute atomic E-state index is 13.2. The van der Waals surface area contributed by atoms with Crippen molar-refractivity contribution in [3.05, 3.63) is 60.2 Å². The summed E-state index contributed by atoms with van der Waals surface area (Å²) in [6.45, 7) is 2.65. The van der Waals surface area contributed by atoms with Crippen molar-refractivity contribution in [2.24, 2.45) is 5.92 Å². The smallest absolute Gasteiger partial charge is 0.254 e. The molecule has 2 atom stereocenters. The molecule has 4 rings (SSSR count). The summed E-state index contributed by atoms with van der Waals surface area (Å²) >= 11 is 0. The van der Waals surface area contributed by atoms with E-state index in [2.05, 4.69) is 9.97 Å². The molecule has 140 valence electrons. The van der Waals surface area contributed by atoms with Gasteiger partial charge in [0.25, 0.3) is 5.91 Å². The Labute approximate surface area is 159 Å². The number of hydrogen-bond donors (Lipinski definition) is 0. The van der Waals surface area contributed by atoms with Gasteiger partial charge in [0, 0.05) is 62.4 Å². The first kappa shape index (κ1) is 17.6. The van der Waals surface area contributed by atoms with Crippen LogP contribution in [0.25, 0.3) is 0 Å². The number of pyridine rings is 2. The third-order valence-corrected chi connectivity index (χ3v) is 5.63. The predicted molar refractivity (Wildman–Crippen MR) is 101 cm³/mol. The van der Waals surface area contributed by atoms with Crippen LogP contribution in [0.2, 0.25) is 0 Å². The highest BCUT2D eigenvalue weighted by Crippen LogP contribution is 2.35. The zero-order chi connectivity index (χ0) is 18.6.